The fraction of sp³-hybridized carbons (Fsp3) is 0.292. The van der Waals surface area contributed by atoms with E-state index >= 15 is 0 Å². The van der Waals surface area contributed by atoms with Gasteiger partial charge in [-0.05, 0) is 18.1 Å². The lowest BCUT2D eigenvalue weighted by Crippen LogP contribution is -2.46. The summed E-state index contributed by atoms with van der Waals surface area (Å²) in [7, 11) is 1.90. The third-order valence-corrected chi connectivity index (χ3v) is 6.08. The molecule has 3 aromatic heterocycles. The highest BCUT2D eigenvalue weighted by Crippen LogP contribution is 2.27. The Kier molecular flexibility index (Phi) is 5.47. The third kappa shape index (κ3) is 4.27. The zero-order valence-electron chi connectivity index (χ0n) is 18.5. The van der Waals surface area contributed by atoms with Crippen molar-refractivity contribution >= 4 is 5.91 Å². The second kappa shape index (κ2) is 8.59. The van der Waals surface area contributed by atoms with Crippen molar-refractivity contribution in [3.63, 3.8) is 0 Å². The number of nitrogens with zero attached hydrogens (tertiary/aromatic N) is 7. The smallest absolute Gasteiger partial charge is 0.219 e. The molecule has 4 heterocycles. The molecule has 1 aromatic carbocycles. The van der Waals surface area contributed by atoms with E-state index in [1.165, 1.54) is 6.92 Å². The summed E-state index contributed by atoms with van der Waals surface area (Å²) in [6.07, 6.45) is 11.0. The molecule has 168 valence electrons. The summed E-state index contributed by atoms with van der Waals surface area (Å²) in [5.41, 5.74) is 4.76. The van der Waals surface area contributed by atoms with Gasteiger partial charge in [-0.1, -0.05) is 18.2 Å². The van der Waals surface area contributed by atoms with Crippen molar-refractivity contribution in [1.82, 2.24) is 34.4 Å². The number of carbonyl (C=O) groups excluding carboxylic acids is 1. The maximum atomic E-state index is 11.6. The van der Waals surface area contributed by atoms with E-state index in [0.717, 1.165) is 27.8 Å². The number of amides is 1. The van der Waals surface area contributed by atoms with Gasteiger partial charge < -0.3 is 10.0 Å². The first-order chi connectivity index (χ1) is 16.0. The summed E-state index contributed by atoms with van der Waals surface area (Å²) in [6.45, 7) is 2.46. The van der Waals surface area contributed by atoms with Gasteiger partial charge in [0.2, 0.25) is 5.91 Å². The number of aromatic nitrogens is 6. The van der Waals surface area contributed by atoms with Crippen LogP contribution in [-0.4, -0.2) is 64.6 Å². The standard InChI is InChI=1S/C24H25N7O2/c1-16(32)30-7-6-22(23(33)15-30)31-14-21(12-28-31)19-9-25-24(26-10-19)18-5-3-4-17(8-18)20-11-27-29(2)13-20/h3-5,8-14,22-23,33H,6-7,15H2,1-2H3/t22-,23-/m0/s1. The van der Waals surface area contributed by atoms with Crippen molar-refractivity contribution in [2.45, 2.75) is 25.5 Å². The van der Waals surface area contributed by atoms with Gasteiger partial charge in [0.05, 0.1) is 24.5 Å². The summed E-state index contributed by atoms with van der Waals surface area (Å²) >= 11 is 0. The highest BCUT2D eigenvalue weighted by molar-refractivity contribution is 5.73. The number of piperidine rings is 1. The molecule has 1 saturated heterocycles. The van der Waals surface area contributed by atoms with Gasteiger partial charge in [-0.25, -0.2) is 9.97 Å². The average Bonchev–Trinajstić information content (AvgIpc) is 3.49. The number of rotatable bonds is 4. The van der Waals surface area contributed by atoms with Crippen LogP contribution in [0.15, 0.2) is 61.4 Å². The number of aliphatic hydroxyl groups is 1. The fourth-order valence-corrected chi connectivity index (χ4v) is 4.22. The minimum absolute atomic E-state index is 0.0168. The summed E-state index contributed by atoms with van der Waals surface area (Å²) in [5, 5.41) is 19.2. The quantitative estimate of drug-likeness (QED) is 0.520. The van der Waals surface area contributed by atoms with E-state index in [1.807, 2.05) is 43.8 Å². The molecule has 9 nitrogen and oxygen atoms in total. The first kappa shape index (κ1) is 21.0. The predicted molar refractivity (Wildman–Crippen MR) is 123 cm³/mol. The van der Waals surface area contributed by atoms with Crippen LogP contribution < -0.4 is 0 Å². The number of β-amino-alcohol motifs (C(OH)–C–C–N with tert-alkyl or cyclic N) is 1. The number of hydrogen-bond acceptors (Lipinski definition) is 6. The number of likely N-dealkylation sites (tertiary alicyclic amines) is 1. The van der Waals surface area contributed by atoms with Crippen LogP contribution >= 0.6 is 0 Å². The minimum atomic E-state index is -0.652. The van der Waals surface area contributed by atoms with Gasteiger partial charge in [0.1, 0.15) is 0 Å². The first-order valence-corrected chi connectivity index (χ1v) is 10.9. The van der Waals surface area contributed by atoms with Crippen LogP contribution in [0.25, 0.3) is 33.6 Å². The molecule has 1 aliphatic rings. The van der Waals surface area contributed by atoms with Crippen molar-refractivity contribution in [2.75, 3.05) is 13.1 Å². The average molecular weight is 444 g/mol. The number of aryl methyl sites for hydroxylation is 1. The molecule has 2 atom stereocenters. The molecular formula is C24H25N7O2. The SMILES string of the molecule is CC(=O)N1CC[C@H](n2cc(-c3cnc(-c4cccc(-c5cnn(C)c5)c4)nc3)cn2)[C@@H](O)C1. The lowest BCUT2D eigenvalue weighted by atomic mass is 10.0. The Morgan fingerprint density at radius 3 is 2.39 bits per heavy atom. The normalized spacial score (nSPS) is 18.5. The molecule has 5 rings (SSSR count). The minimum Gasteiger partial charge on any atom is -0.389 e. The zero-order chi connectivity index (χ0) is 22.9. The molecule has 1 fully saturated rings. The molecule has 0 unspecified atom stereocenters. The Bertz CT molecular complexity index is 1280. The molecule has 0 saturated carbocycles. The van der Waals surface area contributed by atoms with Crippen LogP contribution in [0.3, 0.4) is 0 Å². The van der Waals surface area contributed by atoms with Crippen molar-refractivity contribution < 1.29 is 9.90 Å². The Morgan fingerprint density at radius 2 is 1.70 bits per heavy atom. The monoisotopic (exact) mass is 443 g/mol. The highest BCUT2D eigenvalue weighted by atomic mass is 16.3. The Hall–Kier alpha value is -3.85. The molecular weight excluding hydrogens is 418 g/mol. The van der Waals surface area contributed by atoms with Gasteiger partial charge >= 0.3 is 0 Å². The number of hydrogen-bond donors (Lipinski definition) is 1. The highest BCUT2D eigenvalue weighted by Gasteiger charge is 2.30. The second-order valence-electron chi connectivity index (χ2n) is 8.38. The van der Waals surface area contributed by atoms with E-state index in [4.69, 9.17) is 0 Å². The molecule has 4 aromatic rings. The van der Waals surface area contributed by atoms with Crippen LogP contribution in [0.2, 0.25) is 0 Å². The molecule has 0 aliphatic carbocycles. The van der Waals surface area contributed by atoms with E-state index in [1.54, 1.807) is 32.9 Å². The Morgan fingerprint density at radius 1 is 0.970 bits per heavy atom. The fourth-order valence-electron chi connectivity index (χ4n) is 4.22. The number of carbonyl (C=O) groups is 1. The maximum absolute atomic E-state index is 11.6. The van der Waals surface area contributed by atoms with Crippen molar-refractivity contribution in [3.8, 4) is 33.6 Å². The van der Waals surface area contributed by atoms with Gasteiger partial charge in [-0.2, -0.15) is 10.2 Å². The first-order valence-electron chi connectivity index (χ1n) is 10.9. The third-order valence-electron chi connectivity index (χ3n) is 6.08. The molecule has 0 bridgehead atoms. The molecule has 0 spiro atoms. The Labute approximate surface area is 191 Å². The van der Waals surface area contributed by atoms with Crippen LogP contribution in [-0.2, 0) is 11.8 Å². The molecule has 1 aliphatic heterocycles. The van der Waals surface area contributed by atoms with Crippen molar-refractivity contribution in [2.24, 2.45) is 7.05 Å². The zero-order valence-corrected chi connectivity index (χ0v) is 18.5. The lowest BCUT2D eigenvalue weighted by molar-refractivity contribution is -0.133. The molecule has 9 heteroatoms. The van der Waals surface area contributed by atoms with Gasteiger partial charge in [-0.3, -0.25) is 14.2 Å². The van der Waals surface area contributed by atoms with Crippen LogP contribution in [0.4, 0.5) is 0 Å². The van der Waals surface area contributed by atoms with E-state index in [0.29, 0.717) is 25.3 Å². The number of aliphatic hydroxyl groups excluding tert-OH is 1. The Balaban J connectivity index is 1.33. The van der Waals surface area contributed by atoms with Gasteiger partial charge in [-0.15, -0.1) is 0 Å². The largest absolute Gasteiger partial charge is 0.389 e. The van der Waals surface area contributed by atoms with E-state index in [-0.39, 0.29) is 11.9 Å². The van der Waals surface area contributed by atoms with E-state index < -0.39 is 6.10 Å². The summed E-state index contributed by atoms with van der Waals surface area (Å²) < 4.78 is 3.56. The molecule has 33 heavy (non-hydrogen) atoms. The van der Waals surface area contributed by atoms with Crippen LogP contribution in [0.5, 0.6) is 0 Å². The maximum Gasteiger partial charge on any atom is 0.219 e. The molecule has 0 radical (unpaired) electrons. The summed E-state index contributed by atoms with van der Waals surface area (Å²) in [6, 6.07) is 7.91. The van der Waals surface area contributed by atoms with Gasteiger partial charge in [0.15, 0.2) is 5.82 Å². The van der Waals surface area contributed by atoms with E-state index in [9.17, 15) is 9.90 Å². The number of benzene rings is 1. The van der Waals surface area contributed by atoms with Crippen molar-refractivity contribution in [3.05, 3.63) is 61.4 Å². The van der Waals surface area contributed by atoms with Crippen LogP contribution in [0, 0.1) is 0 Å². The second-order valence-corrected chi connectivity index (χ2v) is 8.38. The van der Waals surface area contributed by atoms with E-state index in [2.05, 4.69) is 26.2 Å². The van der Waals surface area contributed by atoms with Crippen molar-refractivity contribution in [1.29, 1.82) is 0 Å². The lowest BCUT2D eigenvalue weighted by Gasteiger charge is -2.35. The molecule has 1 N–H and O–H groups in total. The van der Waals surface area contributed by atoms with Gasteiger partial charge in [0, 0.05) is 74.1 Å². The van der Waals surface area contributed by atoms with Crippen LogP contribution in [0.1, 0.15) is 19.4 Å². The molecule has 1 amide bonds. The predicted octanol–water partition coefficient (Wildman–Crippen LogP) is 2.56. The van der Waals surface area contributed by atoms with Gasteiger partial charge in [0.25, 0.3) is 0 Å². The summed E-state index contributed by atoms with van der Waals surface area (Å²) in [4.78, 5) is 22.4. The topological polar surface area (TPSA) is 102 Å². The summed E-state index contributed by atoms with van der Waals surface area (Å²) in [5.74, 6) is 0.626.